The Morgan fingerprint density at radius 2 is 1.44 bits per heavy atom. The van der Waals surface area contributed by atoms with E-state index in [2.05, 4.69) is 68.6 Å². The Labute approximate surface area is 169 Å². The molecule has 0 radical (unpaired) electrons. The molecule has 1 saturated heterocycles. The zero-order valence-corrected chi connectivity index (χ0v) is 16.7. The van der Waals surface area contributed by atoms with Crippen molar-refractivity contribution in [1.29, 1.82) is 0 Å². The van der Waals surface area contributed by atoms with E-state index in [0.29, 0.717) is 0 Å². The van der Waals surface area contributed by atoms with Crippen LogP contribution in [0.5, 0.6) is 11.5 Å². The van der Waals surface area contributed by atoms with E-state index >= 15 is 0 Å². The summed E-state index contributed by atoms with van der Waals surface area (Å²) in [6, 6.07) is 27.2. The first-order valence-electron chi connectivity index (χ1n) is 9.33. The van der Waals surface area contributed by atoms with Gasteiger partial charge in [0.1, 0.15) is 11.5 Å². The molecule has 138 valence electrons. The predicted molar refractivity (Wildman–Crippen MR) is 113 cm³/mol. The summed E-state index contributed by atoms with van der Waals surface area (Å²) >= 11 is 3.63. The third kappa shape index (κ3) is 4.59. The smallest absolute Gasteiger partial charge is 0.127 e. The van der Waals surface area contributed by atoms with Crippen LogP contribution in [-0.2, 0) is 0 Å². The summed E-state index contributed by atoms with van der Waals surface area (Å²) in [4.78, 5) is 2.54. The summed E-state index contributed by atoms with van der Waals surface area (Å²) < 4.78 is 7.18. The number of halogens is 1. The fourth-order valence-electron chi connectivity index (χ4n) is 3.60. The van der Waals surface area contributed by atoms with Crippen molar-refractivity contribution in [3.8, 4) is 11.5 Å². The molecule has 3 nitrogen and oxygen atoms in total. The molecule has 0 amide bonds. The number of ether oxygens (including phenoxy) is 1. The zero-order chi connectivity index (χ0) is 18.5. The SMILES string of the molecule is Brc1cccc(C(c2cccc(Oc3ccccc3)c2)N2CCNCC2)c1. The van der Waals surface area contributed by atoms with Gasteiger partial charge in [0, 0.05) is 30.7 Å². The molecule has 1 N–H and O–H groups in total. The van der Waals surface area contributed by atoms with Gasteiger partial charge in [-0.2, -0.15) is 0 Å². The Morgan fingerprint density at radius 1 is 0.778 bits per heavy atom. The van der Waals surface area contributed by atoms with Crippen LogP contribution in [0.1, 0.15) is 17.2 Å². The van der Waals surface area contributed by atoms with Crippen LogP contribution in [0.3, 0.4) is 0 Å². The predicted octanol–water partition coefficient (Wildman–Crippen LogP) is 5.24. The molecule has 1 aliphatic heterocycles. The number of para-hydroxylation sites is 1. The van der Waals surface area contributed by atoms with Gasteiger partial charge in [-0.15, -0.1) is 0 Å². The standard InChI is InChI=1S/C23H23BrN2O/c24-20-8-4-6-18(16-20)23(26-14-12-25-13-15-26)19-7-5-11-22(17-19)27-21-9-2-1-3-10-21/h1-11,16-17,23,25H,12-15H2. The van der Waals surface area contributed by atoms with Crippen molar-refractivity contribution < 1.29 is 4.74 Å². The lowest BCUT2D eigenvalue weighted by molar-refractivity contribution is 0.198. The molecular formula is C23H23BrN2O. The largest absolute Gasteiger partial charge is 0.457 e. The van der Waals surface area contributed by atoms with Crippen LogP contribution < -0.4 is 10.1 Å². The highest BCUT2D eigenvalue weighted by atomic mass is 79.9. The molecule has 1 aliphatic rings. The Hall–Kier alpha value is -2.14. The van der Waals surface area contributed by atoms with E-state index in [1.807, 2.05) is 36.4 Å². The Balaban J connectivity index is 1.68. The minimum atomic E-state index is 0.212. The summed E-state index contributed by atoms with van der Waals surface area (Å²) in [5.74, 6) is 1.73. The van der Waals surface area contributed by atoms with Crippen LogP contribution in [0, 0.1) is 0 Å². The van der Waals surface area contributed by atoms with Crippen molar-refractivity contribution in [3.63, 3.8) is 0 Å². The minimum absolute atomic E-state index is 0.212. The quantitative estimate of drug-likeness (QED) is 0.608. The first-order chi connectivity index (χ1) is 13.3. The van der Waals surface area contributed by atoms with Gasteiger partial charge in [-0.25, -0.2) is 0 Å². The van der Waals surface area contributed by atoms with Crippen molar-refractivity contribution >= 4 is 15.9 Å². The minimum Gasteiger partial charge on any atom is -0.457 e. The molecule has 1 fully saturated rings. The van der Waals surface area contributed by atoms with Crippen molar-refractivity contribution in [2.24, 2.45) is 0 Å². The second-order valence-electron chi connectivity index (χ2n) is 6.73. The van der Waals surface area contributed by atoms with Crippen LogP contribution in [0.4, 0.5) is 0 Å². The number of nitrogens with one attached hydrogen (secondary N) is 1. The third-order valence-corrected chi connectivity index (χ3v) is 5.33. The molecule has 3 aromatic rings. The summed E-state index contributed by atoms with van der Waals surface area (Å²) in [5, 5.41) is 3.45. The zero-order valence-electron chi connectivity index (χ0n) is 15.1. The summed E-state index contributed by atoms with van der Waals surface area (Å²) in [7, 11) is 0. The molecule has 0 aliphatic carbocycles. The van der Waals surface area contributed by atoms with E-state index in [-0.39, 0.29) is 6.04 Å². The van der Waals surface area contributed by atoms with E-state index in [1.165, 1.54) is 11.1 Å². The van der Waals surface area contributed by atoms with E-state index < -0.39 is 0 Å². The Morgan fingerprint density at radius 3 is 2.19 bits per heavy atom. The van der Waals surface area contributed by atoms with Crippen molar-refractivity contribution in [3.05, 3.63) is 94.5 Å². The summed E-state index contributed by atoms with van der Waals surface area (Å²) in [6.07, 6.45) is 0. The molecule has 0 bridgehead atoms. The van der Waals surface area contributed by atoms with Crippen molar-refractivity contribution in [2.45, 2.75) is 6.04 Å². The van der Waals surface area contributed by atoms with Gasteiger partial charge in [0.15, 0.2) is 0 Å². The monoisotopic (exact) mass is 422 g/mol. The van der Waals surface area contributed by atoms with Gasteiger partial charge in [-0.3, -0.25) is 4.90 Å². The molecule has 1 unspecified atom stereocenters. The fourth-order valence-corrected chi connectivity index (χ4v) is 4.02. The van der Waals surface area contributed by atoms with E-state index in [9.17, 15) is 0 Å². The van der Waals surface area contributed by atoms with E-state index in [4.69, 9.17) is 4.74 Å². The number of benzene rings is 3. The second-order valence-corrected chi connectivity index (χ2v) is 7.65. The van der Waals surface area contributed by atoms with Gasteiger partial charge in [0.25, 0.3) is 0 Å². The van der Waals surface area contributed by atoms with Crippen LogP contribution in [0.25, 0.3) is 0 Å². The highest BCUT2D eigenvalue weighted by molar-refractivity contribution is 9.10. The lowest BCUT2D eigenvalue weighted by atomic mass is 9.96. The summed E-state index contributed by atoms with van der Waals surface area (Å²) in [5.41, 5.74) is 2.55. The average Bonchev–Trinajstić information content (AvgIpc) is 2.70. The Kier molecular flexibility index (Phi) is 5.87. The molecule has 3 aromatic carbocycles. The van der Waals surface area contributed by atoms with Gasteiger partial charge in [-0.05, 0) is 47.5 Å². The topological polar surface area (TPSA) is 24.5 Å². The number of hydrogen-bond donors (Lipinski definition) is 1. The third-order valence-electron chi connectivity index (χ3n) is 4.83. The lowest BCUT2D eigenvalue weighted by Crippen LogP contribution is -2.45. The molecule has 1 heterocycles. The van der Waals surface area contributed by atoms with E-state index in [1.54, 1.807) is 0 Å². The molecule has 0 aromatic heterocycles. The average molecular weight is 423 g/mol. The molecule has 0 saturated carbocycles. The maximum Gasteiger partial charge on any atom is 0.127 e. The first-order valence-corrected chi connectivity index (χ1v) is 10.1. The number of nitrogens with zero attached hydrogens (tertiary/aromatic N) is 1. The van der Waals surface area contributed by atoms with E-state index in [0.717, 1.165) is 42.2 Å². The number of rotatable bonds is 5. The van der Waals surface area contributed by atoms with Crippen LogP contribution in [0.2, 0.25) is 0 Å². The number of hydrogen-bond acceptors (Lipinski definition) is 3. The second kappa shape index (κ2) is 8.70. The highest BCUT2D eigenvalue weighted by Crippen LogP contribution is 2.33. The van der Waals surface area contributed by atoms with Crippen LogP contribution >= 0.6 is 15.9 Å². The molecule has 4 heteroatoms. The molecule has 1 atom stereocenters. The van der Waals surface area contributed by atoms with Gasteiger partial charge < -0.3 is 10.1 Å². The lowest BCUT2D eigenvalue weighted by Gasteiger charge is -2.35. The molecular weight excluding hydrogens is 400 g/mol. The van der Waals surface area contributed by atoms with Crippen molar-refractivity contribution in [1.82, 2.24) is 10.2 Å². The normalized spacial score (nSPS) is 16.0. The molecule has 0 spiro atoms. The van der Waals surface area contributed by atoms with Crippen LogP contribution in [0.15, 0.2) is 83.3 Å². The van der Waals surface area contributed by atoms with Gasteiger partial charge in [0.05, 0.1) is 6.04 Å². The van der Waals surface area contributed by atoms with Gasteiger partial charge in [-0.1, -0.05) is 58.4 Å². The van der Waals surface area contributed by atoms with Crippen molar-refractivity contribution in [2.75, 3.05) is 26.2 Å². The van der Waals surface area contributed by atoms with Gasteiger partial charge in [0.2, 0.25) is 0 Å². The summed E-state index contributed by atoms with van der Waals surface area (Å²) in [6.45, 7) is 4.09. The molecule has 27 heavy (non-hydrogen) atoms. The molecule has 4 rings (SSSR count). The fraction of sp³-hybridized carbons (Fsp3) is 0.217. The van der Waals surface area contributed by atoms with Gasteiger partial charge >= 0.3 is 0 Å². The highest BCUT2D eigenvalue weighted by Gasteiger charge is 2.24. The first kappa shape index (κ1) is 18.2. The Bertz CT molecular complexity index is 878. The maximum absolute atomic E-state index is 6.08. The van der Waals surface area contributed by atoms with Crippen LogP contribution in [-0.4, -0.2) is 31.1 Å². The number of piperazine rings is 1. The maximum atomic E-state index is 6.08.